The number of nitrogen functional groups attached to an aromatic ring is 1. The number of hydrogen-bond acceptors (Lipinski definition) is 3. The Morgan fingerprint density at radius 1 is 1.18 bits per heavy atom. The van der Waals surface area contributed by atoms with E-state index in [4.69, 9.17) is 5.73 Å². The Hall–Kier alpha value is -1.77. The summed E-state index contributed by atoms with van der Waals surface area (Å²) >= 11 is 0. The van der Waals surface area contributed by atoms with Crippen LogP contribution in [0.1, 0.15) is 18.5 Å². The van der Waals surface area contributed by atoms with Crippen molar-refractivity contribution in [2.45, 2.75) is 19.8 Å². The number of hydrogen-bond donors (Lipinski definition) is 1. The van der Waals surface area contributed by atoms with Gasteiger partial charge in [-0.25, -0.2) is 0 Å². The molecule has 0 unspecified atom stereocenters. The van der Waals surface area contributed by atoms with Gasteiger partial charge in [0.15, 0.2) is 0 Å². The maximum absolute atomic E-state index is 5.82. The van der Waals surface area contributed by atoms with Crippen molar-refractivity contribution < 1.29 is 0 Å². The summed E-state index contributed by atoms with van der Waals surface area (Å²) in [6.07, 6.45) is 2.58. The van der Waals surface area contributed by atoms with Crippen molar-refractivity contribution in [1.82, 2.24) is 4.98 Å². The lowest BCUT2D eigenvalue weighted by Gasteiger charge is -2.20. The molecule has 0 amide bonds. The summed E-state index contributed by atoms with van der Waals surface area (Å²) in [5.41, 5.74) is 9.98. The van der Waals surface area contributed by atoms with Crippen LogP contribution in [0, 0.1) is 6.92 Å². The van der Waals surface area contributed by atoms with Gasteiger partial charge in [-0.2, -0.15) is 0 Å². The maximum Gasteiger partial charge on any atom is 0.0746 e. The number of benzene rings is 1. The van der Waals surface area contributed by atoms with Crippen LogP contribution in [0.3, 0.4) is 0 Å². The first-order valence-electron chi connectivity index (χ1n) is 6.16. The molecule has 3 heteroatoms. The predicted molar refractivity (Wildman–Crippen MR) is 72.3 cm³/mol. The number of aromatic nitrogens is 1. The van der Waals surface area contributed by atoms with Gasteiger partial charge in [-0.05, 0) is 44.0 Å². The van der Waals surface area contributed by atoms with Gasteiger partial charge in [0.25, 0.3) is 0 Å². The molecule has 88 valence electrons. The molecule has 1 aliphatic rings. The van der Waals surface area contributed by atoms with Crippen LogP contribution in [-0.2, 0) is 0 Å². The van der Waals surface area contributed by atoms with Crippen LogP contribution in [0.4, 0.5) is 11.4 Å². The zero-order chi connectivity index (χ0) is 11.8. The van der Waals surface area contributed by atoms with Gasteiger partial charge in [-0.1, -0.05) is 0 Å². The fraction of sp³-hybridized carbons (Fsp3) is 0.357. The van der Waals surface area contributed by atoms with Crippen LogP contribution >= 0.6 is 0 Å². The van der Waals surface area contributed by atoms with Crippen molar-refractivity contribution in [3.63, 3.8) is 0 Å². The van der Waals surface area contributed by atoms with Crippen molar-refractivity contribution in [2.75, 3.05) is 23.7 Å². The Kier molecular flexibility index (Phi) is 2.39. The normalized spacial score (nSPS) is 15.7. The van der Waals surface area contributed by atoms with E-state index in [2.05, 4.69) is 22.0 Å². The first-order chi connectivity index (χ1) is 8.24. The third kappa shape index (κ3) is 1.82. The number of rotatable bonds is 1. The Morgan fingerprint density at radius 3 is 2.71 bits per heavy atom. The Labute approximate surface area is 101 Å². The van der Waals surface area contributed by atoms with Crippen molar-refractivity contribution >= 4 is 22.3 Å². The molecule has 2 heterocycles. The maximum atomic E-state index is 5.82. The van der Waals surface area contributed by atoms with Crippen LogP contribution in [0.2, 0.25) is 0 Å². The Morgan fingerprint density at radius 2 is 1.94 bits per heavy atom. The summed E-state index contributed by atoms with van der Waals surface area (Å²) in [4.78, 5) is 7.01. The highest BCUT2D eigenvalue weighted by atomic mass is 15.1. The topological polar surface area (TPSA) is 42.1 Å². The van der Waals surface area contributed by atoms with Crippen molar-refractivity contribution in [1.29, 1.82) is 0 Å². The van der Waals surface area contributed by atoms with Crippen molar-refractivity contribution in [3.05, 3.63) is 30.0 Å². The van der Waals surface area contributed by atoms with E-state index in [1.807, 2.05) is 19.1 Å². The minimum Gasteiger partial charge on any atom is -0.399 e. The second-order valence-electron chi connectivity index (χ2n) is 4.75. The highest BCUT2D eigenvalue weighted by Crippen LogP contribution is 2.30. The van der Waals surface area contributed by atoms with E-state index in [9.17, 15) is 0 Å². The number of aryl methyl sites for hydroxylation is 1. The summed E-state index contributed by atoms with van der Waals surface area (Å²) in [5.74, 6) is 0. The van der Waals surface area contributed by atoms with E-state index in [0.717, 1.165) is 30.0 Å². The molecule has 0 saturated carbocycles. The number of anilines is 2. The summed E-state index contributed by atoms with van der Waals surface area (Å²) in [6, 6.07) is 8.19. The quantitative estimate of drug-likeness (QED) is 0.762. The summed E-state index contributed by atoms with van der Waals surface area (Å²) in [6.45, 7) is 4.36. The third-order valence-electron chi connectivity index (χ3n) is 3.39. The molecule has 1 aromatic heterocycles. The minimum absolute atomic E-state index is 0.781. The van der Waals surface area contributed by atoms with Crippen molar-refractivity contribution in [2.24, 2.45) is 0 Å². The molecule has 3 nitrogen and oxygen atoms in total. The molecule has 1 aromatic carbocycles. The molecular formula is C14H17N3. The Bertz CT molecular complexity index is 551. The Balaban J connectivity index is 2.21. The van der Waals surface area contributed by atoms with Gasteiger partial charge in [0.05, 0.1) is 5.52 Å². The average Bonchev–Trinajstić information content (AvgIpc) is 2.80. The molecule has 0 spiro atoms. The van der Waals surface area contributed by atoms with Gasteiger partial charge in [0.1, 0.15) is 0 Å². The first-order valence-corrected chi connectivity index (χ1v) is 6.16. The molecule has 3 rings (SSSR count). The van der Waals surface area contributed by atoms with E-state index in [1.54, 1.807) is 0 Å². The van der Waals surface area contributed by atoms with Gasteiger partial charge in [-0.15, -0.1) is 0 Å². The molecule has 2 N–H and O–H groups in total. The molecule has 0 bridgehead atoms. The predicted octanol–water partition coefficient (Wildman–Crippen LogP) is 2.73. The fourth-order valence-electron chi connectivity index (χ4n) is 2.58. The zero-order valence-electron chi connectivity index (χ0n) is 10.1. The van der Waals surface area contributed by atoms with E-state index < -0.39 is 0 Å². The van der Waals surface area contributed by atoms with Gasteiger partial charge < -0.3 is 10.6 Å². The highest BCUT2D eigenvalue weighted by Gasteiger charge is 2.15. The average molecular weight is 227 g/mol. The second-order valence-corrected chi connectivity index (χ2v) is 4.75. The van der Waals surface area contributed by atoms with E-state index >= 15 is 0 Å². The van der Waals surface area contributed by atoms with Crippen LogP contribution in [0.15, 0.2) is 24.3 Å². The lowest BCUT2D eigenvalue weighted by Crippen LogP contribution is -2.18. The smallest absolute Gasteiger partial charge is 0.0746 e. The van der Waals surface area contributed by atoms with Crippen molar-refractivity contribution in [3.8, 4) is 0 Å². The van der Waals surface area contributed by atoms with Gasteiger partial charge >= 0.3 is 0 Å². The molecule has 0 atom stereocenters. The molecule has 1 aliphatic heterocycles. The lowest BCUT2D eigenvalue weighted by molar-refractivity contribution is 0.949. The molecular weight excluding hydrogens is 210 g/mol. The van der Waals surface area contributed by atoms with E-state index in [0.29, 0.717) is 0 Å². The monoisotopic (exact) mass is 227 g/mol. The molecule has 1 saturated heterocycles. The molecule has 2 aromatic rings. The van der Waals surface area contributed by atoms with Crippen LogP contribution in [-0.4, -0.2) is 18.1 Å². The van der Waals surface area contributed by atoms with Crippen LogP contribution < -0.4 is 10.6 Å². The molecule has 1 fully saturated rings. The fourth-order valence-corrected chi connectivity index (χ4v) is 2.58. The van der Waals surface area contributed by atoms with Gasteiger partial charge in [0, 0.05) is 35.5 Å². The van der Waals surface area contributed by atoms with Crippen LogP contribution in [0.5, 0.6) is 0 Å². The largest absolute Gasteiger partial charge is 0.399 e. The lowest BCUT2D eigenvalue weighted by atomic mass is 10.1. The van der Waals surface area contributed by atoms with E-state index in [1.165, 1.54) is 23.9 Å². The van der Waals surface area contributed by atoms with Crippen LogP contribution in [0.25, 0.3) is 10.9 Å². The number of fused-ring (bicyclic) bond motifs is 1. The summed E-state index contributed by atoms with van der Waals surface area (Å²) < 4.78 is 0. The minimum atomic E-state index is 0.781. The molecule has 0 radical (unpaired) electrons. The number of nitrogens with two attached hydrogens (primary N) is 1. The summed E-state index contributed by atoms with van der Waals surface area (Å²) in [7, 11) is 0. The standard InChI is InChI=1S/C14H17N3/c1-10-8-14(17-6-2-3-7-17)12-5-4-11(15)9-13(12)16-10/h4-5,8-9H,2-3,6-7,15H2,1H3. The second kappa shape index (κ2) is 3.91. The van der Waals surface area contributed by atoms with Gasteiger partial charge in [0.2, 0.25) is 0 Å². The first kappa shape index (κ1) is 10.4. The van der Waals surface area contributed by atoms with E-state index in [-0.39, 0.29) is 0 Å². The number of nitrogens with zero attached hydrogens (tertiary/aromatic N) is 2. The molecule has 0 aliphatic carbocycles. The van der Waals surface area contributed by atoms with Gasteiger partial charge in [-0.3, -0.25) is 4.98 Å². The zero-order valence-corrected chi connectivity index (χ0v) is 10.1. The highest BCUT2D eigenvalue weighted by molar-refractivity contribution is 5.93. The SMILES string of the molecule is Cc1cc(N2CCCC2)c2ccc(N)cc2n1. The molecule has 17 heavy (non-hydrogen) atoms. The third-order valence-corrected chi connectivity index (χ3v) is 3.39. The summed E-state index contributed by atoms with van der Waals surface area (Å²) in [5, 5.41) is 1.21. The number of pyridine rings is 1.